The molecule has 0 bridgehead atoms. The van der Waals surface area contributed by atoms with Crippen molar-refractivity contribution < 1.29 is 13.9 Å². The number of hydrogen-bond acceptors (Lipinski definition) is 4. The van der Waals surface area contributed by atoms with E-state index in [-0.39, 0.29) is 23.6 Å². The van der Waals surface area contributed by atoms with E-state index in [9.17, 15) is 4.79 Å². The Morgan fingerprint density at radius 2 is 1.96 bits per heavy atom. The number of nitrogens with zero attached hydrogens (tertiary/aromatic N) is 1. The van der Waals surface area contributed by atoms with Crippen LogP contribution in [0.25, 0.3) is 0 Å². The van der Waals surface area contributed by atoms with Gasteiger partial charge in [0.15, 0.2) is 0 Å². The maximum Gasteiger partial charge on any atom is 0.148 e. The van der Waals surface area contributed by atoms with Crippen LogP contribution in [0.3, 0.4) is 0 Å². The topological polar surface area (TPSA) is 55.6 Å². The molecule has 1 aromatic carbocycles. The highest BCUT2D eigenvalue weighted by Crippen LogP contribution is 2.35. The minimum Gasteiger partial charge on any atom is -0.397 e. The van der Waals surface area contributed by atoms with Crippen molar-refractivity contribution in [1.82, 2.24) is 0 Å². The molecule has 140 valence electrons. The average Bonchev–Trinajstić information content (AvgIpc) is 2.53. The van der Waals surface area contributed by atoms with Gasteiger partial charge in [0, 0.05) is 32.2 Å². The van der Waals surface area contributed by atoms with Gasteiger partial charge in [-0.15, -0.1) is 0 Å². The summed E-state index contributed by atoms with van der Waals surface area (Å²) in [6, 6.07) is 3.62. The lowest BCUT2D eigenvalue weighted by molar-refractivity contribution is -0.117. The molecule has 0 aliphatic carbocycles. The summed E-state index contributed by atoms with van der Waals surface area (Å²) in [6.07, 6.45) is 2.16. The van der Waals surface area contributed by atoms with Crippen LogP contribution in [0.5, 0.6) is 0 Å². The van der Waals surface area contributed by atoms with Gasteiger partial charge >= 0.3 is 0 Å². The molecule has 25 heavy (non-hydrogen) atoms. The molecule has 1 atom stereocenters. The molecule has 2 rings (SSSR count). The van der Waals surface area contributed by atoms with Crippen LogP contribution in [0, 0.1) is 11.7 Å². The minimum atomic E-state index is -0.294. The van der Waals surface area contributed by atoms with Crippen molar-refractivity contribution in [3.05, 3.63) is 23.5 Å². The third-order valence-corrected chi connectivity index (χ3v) is 4.76. The lowest BCUT2D eigenvalue weighted by atomic mass is 9.94. The van der Waals surface area contributed by atoms with E-state index in [1.165, 1.54) is 0 Å². The van der Waals surface area contributed by atoms with Crippen molar-refractivity contribution in [1.29, 1.82) is 0 Å². The van der Waals surface area contributed by atoms with Crippen LogP contribution in [0.2, 0.25) is 0 Å². The molecule has 1 saturated heterocycles. The number of nitrogen functional groups attached to an aromatic ring is 1. The van der Waals surface area contributed by atoms with E-state index in [0.717, 1.165) is 24.9 Å². The van der Waals surface area contributed by atoms with Gasteiger partial charge in [-0.25, -0.2) is 4.39 Å². The van der Waals surface area contributed by atoms with Crippen molar-refractivity contribution >= 4 is 17.2 Å². The summed E-state index contributed by atoms with van der Waals surface area (Å²) in [5.41, 5.74) is 8.01. The fourth-order valence-corrected chi connectivity index (χ4v) is 3.59. The van der Waals surface area contributed by atoms with Crippen LogP contribution >= 0.6 is 0 Å². The minimum absolute atomic E-state index is 0.0371. The second-order valence-electron chi connectivity index (χ2n) is 7.64. The van der Waals surface area contributed by atoms with Crippen molar-refractivity contribution in [2.45, 2.75) is 58.9 Å². The van der Waals surface area contributed by atoms with E-state index >= 15 is 4.39 Å². The van der Waals surface area contributed by atoms with E-state index in [1.807, 2.05) is 13.0 Å². The lowest BCUT2D eigenvalue weighted by Crippen LogP contribution is -2.42. The molecule has 0 unspecified atom stereocenters. The summed E-state index contributed by atoms with van der Waals surface area (Å²) in [7, 11) is 0. The van der Waals surface area contributed by atoms with Gasteiger partial charge in [0.25, 0.3) is 0 Å². The van der Waals surface area contributed by atoms with E-state index in [1.54, 1.807) is 13.0 Å². The Balaban J connectivity index is 2.34. The monoisotopic (exact) mass is 350 g/mol. The SMILES string of the molecule is CC(=O)C[C@@H](C)c1cc(N)c(N(CC(C)C)C2CCOCC2)c(F)c1. The average molecular weight is 350 g/mol. The van der Waals surface area contributed by atoms with Gasteiger partial charge in [-0.1, -0.05) is 20.8 Å². The molecule has 0 aromatic heterocycles. The van der Waals surface area contributed by atoms with E-state index in [2.05, 4.69) is 18.7 Å². The van der Waals surface area contributed by atoms with Gasteiger partial charge < -0.3 is 20.2 Å². The summed E-state index contributed by atoms with van der Waals surface area (Å²) in [5.74, 6) is 0.166. The summed E-state index contributed by atoms with van der Waals surface area (Å²) < 4.78 is 20.5. The van der Waals surface area contributed by atoms with Crippen LogP contribution in [0.4, 0.5) is 15.8 Å². The van der Waals surface area contributed by atoms with Crippen molar-refractivity contribution in [3.8, 4) is 0 Å². The van der Waals surface area contributed by atoms with Gasteiger partial charge in [0.05, 0.1) is 11.4 Å². The molecule has 1 fully saturated rings. The highest BCUT2D eigenvalue weighted by atomic mass is 19.1. The number of benzene rings is 1. The highest BCUT2D eigenvalue weighted by Gasteiger charge is 2.27. The number of ether oxygens (including phenoxy) is 1. The zero-order valence-corrected chi connectivity index (χ0v) is 15.8. The Morgan fingerprint density at radius 3 is 2.48 bits per heavy atom. The second-order valence-corrected chi connectivity index (χ2v) is 7.64. The molecular weight excluding hydrogens is 319 g/mol. The number of anilines is 2. The Labute approximate surface area is 150 Å². The molecule has 1 aliphatic heterocycles. The number of Topliss-reactive ketones (excluding diaryl/α,β-unsaturated/α-hetero) is 1. The van der Waals surface area contributed by atoms with Crippen molar-refractivity contribution in [2.75, 3.05) is 30.4 Å². The number of carbonyl (C=O) groups is 1. The molecule has 5 heteroatoms. The Kier molecular flexibility index (Phi) is 6.82. The Bertz CT molecular complexity index is 574. The van der Waals surface area contributed by atoms with Crippen molar-refractivity contribution in [3.63, 3.8) is 0 Å². The summed E-state index contributed by atoms with van der Waals surface area (Å²) in [4.78, 5) is 13.5. The Hall–Kier alpha value is -1.62. The quantitative estimate of drug-likeness (QED) is 0.751. The van der Waals surface area contributed by atoms with E-state index < -0.39 is 0 Å². The Morgan fingerprint density at radius 1 is 1.32 bits per heavy atom. The third-order valence-electron chi connectivity index (χ3n) is 4.76. The molecule has 2 N–H and O–H groups in total. The van der Waals surface area contributed by atoms with Crippen LogP contribution in [-0.2, 0) is 9.53 Å². The number of ketones is 1. The number of rotatable bonds is 7. The highest BCUT2D eigenvalue weighted by molar-refractivity contribution is 5.77. The molecule has 0 saturated carbocycles. The van der Waals surface area contributed by atoms with Gasteiger partial charge in [0.2, 0.25) is 0 Å². The maximum absolute atomic E-state index is 15.0. The zero-order chi connectivity index (χ0) is 18.6. The first-order chi connectivity index (χ1) is 11.8. The first-order valence-electron chi connectivity index (χ1n) is 9.22. The maximum atomic E-state index is 15.0. The molecule has 1 aromatic rings. The zero-order valence-electron chi connectivity index (χ0n) is 15.8. The molecule has 4 nitrogen and oxygen atoms in total. The van der Waals surface area contributed by atoms with Crippen LogP contribution in [0.1, 0.15) is 58.4 Å². The summed E-state index contributed by atoms with van der Waals surface area (Å²) >= 11 is 0. The number of halogens is 1. The first kappa shape index (κ1) is 19.7. The van der Waals surface area contributed by atoms with Gasteiger partial charge in [-0.3, -0.25) is 0 Å². The summed E-state index contributed by atoms with van der Waals surface area (Å²) in [6.45, 7) is 9.91. The molecule has 1 heterocycles. The summed E-state index contributed by atoms with van der Waals surface area (Å²) in [5, 5.41) is 0. The smallest absolute Gasteiger partial charge is 0.148 e. The predicted octanol–water partition coefficient (Wildman–Crippen LogP) is 4.13. The molecule has 0 radical (unpaired) electrons. The third kappa shape index (κ3) is 5.18. The molecule has 1 aliphatic rings. The normalized spacial score (nSPS) is 16.9. The number of hydrogen-bond donors (Lipinski definition) is 1. The fourth-order valence-electron chi connectivity index (χ4n) is 3.59. The van der Waals surface area contributed by atoms with E-state index in [0.29, 0.717) is 36.9 Å². The predicted molar refractivity (Wildman–Crippen MR) is 101 cm³/mol. The molecular formula is C20H31FN2O2. The van der Waals surface area contributed by atoms with Gasteiger partial charge in [-0.05, 0) is 49.3 Å². The van der Waals surface area contributed by atoms with Crippen molar-refractivity contribution in [2.24, 2.45) is 5.92 Å². The second kappa shape index (κ2) is 8.65. The lowest BCUT2D eigenvalue weighted by Gasteiger charge is -2.38. The van der Waals surface area contributed by atoms with Crippen LogP contribution in [0.15, 0.2) is 12.1 Å². The first-order valence-corrected chi connectivity index (χ1v) is 9.22. The van der Waals surface area contributed by atoms with Crippen LogP contribution in [-0.4, -0.2) is 31.6 Å². The van der Waals surface area contributed by atoms with Gasteiger partial charge in [0.1, 0.15) is 11.6 Å². The largest absolute Gasteiger partial charge is 0.397 e. The molecule has 0 spiro atoms. The fraction of sp³-hybridized carbons (Fsp3) is 0.650. The molecule has 0 amide bonds. The van der Waals surface area contributed by atoms with E-state index in [4.69, 9.17) is 10.5 Å². The van der Waals surface area contributed by atoms with Crippen LogP contribution < -0.4 is 10.6 Å². The standard InChI is InChI=1S/C20H31FN2O2/c1-13(2)12-23(17-5-7-25-8-6-17)20-18(21)10-16(11-19(20)22)14(3)9-15(4)24/h10-11,13-14,17H,5-9,12,22H2,1-4H3/t14-/m1/s1. The number of carbonyl (C=O) groups excluding carboxylic acids is 1. The van der Waals surface area contributed by atoms with Gasteiger partial charge in [-0.2, -0.15) is 0 Å². The number of nitrogens with two attached hydrogens (primary N) is 1.